The number of hydrogen-bond acceptors (Lipinski definition) is 0. The molecule has 0 N–H and O–H groups in total. The smallest absolute Gasteiger partial charge is 1.00 e. The van der Waals surface area contributed by atoms with E-state index in [2.05, 4.69) is 45.8 Å². The van der Waals surface area contributed by atoms with Crippen LogP contribution in [0.25, 0.3) is 0 Å². The first-order chi connectivity index (χ1) is 14.0. The maximum atomic E-state index is 2.77. The third kappa shape index (κ3) is 5.74. The molecule has 2 aliphatic carbocycles. The first-order valence-corrected chi connectivity index (χ1v) is 22.1. The normalized spacial score (nSPS) is 23.2. The zero-order valence-electron chi connectivity index (χ0n) is 20.3. The van der Waals surface area contributed by atoms with Gasteiger partial charge in [-0.1, -0.05) is 0 Å². The summed E-state index contributed by atoms with van der Waals surface area (Å²) >= 11 is -0.948. The summed E-state index contributed by atoms with van der Waals surface area (Å²) in [5.41, 5.74) is 3.86. The molecule has 4 aliphatic rings. The topological polar surface area (TPSA) is 0 Å². The molecule has 0 atom stereocenters. The molecule has 2 fully saturated rings. The molecule has 0 aromatic carbocycles. The number of unbranched alkanes of at least 4 members (excludes halogenated alkanes) is 2. The van der Waals surface area contributed by atoms with Crippen molar-refractivity contribution in [2.75, 3.05) is 0 Å². The standard InChI is InChI=1S/2C13H21Si.2ClH.Hf/c2*1-3-4-6-12-7-8-13(11-12)14(2)9-5-10-14;;;/h2*8H,3-7,9-10H2,1-2H3;2*1H;/q;;;;+2/p-2. The fraction of sp³-hybridized carbons (Fsp3) is 0.692. The molecule has 0 bridgehead atoms. The van der Waals surface area contributed by atoms with Crippen LogP contribution < -0.4 is 24.8 Å². The molecule has 4 rings (SSSR count). The van der Waals surface area contributed by atoms with Gasteiger partial charge in [0.2, 0.25) is 0 Å². The Balaban J connectivity index is 0.00000171. The maximum absolute atomic E-state index is 2.77. The van der Waals surface area contributed by atoms with Crippen LogP contribution in [0.2, 0.25) is 37.3 Å². The van der Waals surface area contributed by atoms with Crippen LogP contribution in [0.15, 0.2) is 40.4 Å². The van der Waals surface area contributed by atoms with Gasteiger partial charge in [-0.15, -0.1) is 0 Å². The molecule has 172 valence electrons. The quantitative estimate of drug-likeness (QED) is 0.317. The van der Waals surface area contributed by atoms with Crippen LogP contribution in [-0.2, 0) is 22.9 Å². The average Bonchev–Trinajstić information content (AvgIpc) is 3.26. The van der Waals surface area contributed by atoms with Gasteiger partial charge in [-0.05, 0) is 0 Å². The second-order valence-electron chi connectivity index (χ2n) is 10.8. The SMILES string of the molecule is CCCCC1=[C]([Hf+2][C]2=C(CCCC)CC=C2[Si]2(C)CCC2)C([Si]2(C)CCC2)=CC1.[Cl-].[Cl-]. The molecule has 2 aliphatic heterocycles. The molecule has 0 amide bonds. The van der Waals surface area contributed by atoms with Crippen molar-refractivity contribution in [2.24, 2.45) is 0 Å². The summed E-state index contributed by atoms with van der Waals surface area (Å²) in [5, 5.41) is 4.01. The molecule has 0 spiro atoms. The Labute approximate surface area is 218 Å². The van der Waals surface area contributed by atoms with Crippen molar-refractivity contribution in [1.29, 1.82) is 0 Å². The van der Waals surface area contributed by atoms with Gasteiger partial charge in [-0.3, -0.25) is 0 Å². The molecular weight excluding hydrogens is 618 g/mol. The molecule has 0 aromatic rings. The van der Waals surface area contributed by atoms with E-state index in [-0.39, 0.29) is 24.8 Å². The van der Waals surface area contributed by atoms with E-state index in [9.17, 15) is 0 Å². The van der Waals surface area contributed by atoms with Crippen molar-refractivity contribution in [1.82, 2.24) is 0 Å². The van der Waals surface area contributed by atoms with Gasteiger partial charge in [-0.2, -0.15) is 0 Å². The van der Waals surface area contributed by atoms with Crippen molar-refractivity contribution in [2.45, 2.75) is 115 Å². The molecule has 2 heterocycles. The summed E-state index contributed by atoms with van der Waals surface area (Å²) in [5.74, 6) is 0. The Kier molecular flexibility index (Phi) is 10.9. The fourth-order valence-electron chi connectivity index (χ4n) is 5.96. The summed E-state index contributed by atoms with van der Waals surface area (Å²) in [4.78, 5) is 0. The number of hydrogen-bond donors (Lipinski definition) is 0. The van der Waals surface area contributed by atoms with Gasteiger partial charge < -0.3 is 24.8 Å². The first kappa shape index (κ1) is 28.1. The first-order valence-electron chi connectivity index (χ1n) is 12.6. The van der Waals surface area contributed by atoms with Gasteiger partial charge in [0.1, 0.15) is 0 Å². The van der Waals surface area contributed by atoms with E-state index >= 15 is 0 Å². The van der Waals surface area contributed by atoms with Crippen LogP contribution >= 0.6 is 0 Å². The average molecular weight is 660 g/mol. The predicted octanol–water partition coefficient (Wildman–Crippen LogP) is 2.67. The Morgan fingerprint density at radius 1 is 0.710 bits per heavy atom. The summed E-state index contributed by atoms with van der Waals surface area (Å²) < 4.78 is 4.14. The Bertz CT molecular complexity index is 706. The molecule has 0 unspecified atom stereocenters. The second-order valence-corrected chi connectivity index (χ2v) is 24.6. The largest absolute Gasteiger partial charge is 1.00 e. The van der Waals surface area contributed by atoms with Gasteiger partial charge in [-0.25, -0.2) is 0 Å². The second kappa shape index (κ2) is 12.0. The Morgan fingerprint density at radius 2 is 1.10 bits per heavy atom. The summed E-state index contributed by atoms with van der Waals surface area (Å²) in [7, 11) is -2.14. The van der Waals surface area contributed by atoms with E-state index in [0.717, 1.165) is 0 Å². The van der Waals surface area contributed by atoms with Crippen LogP contribution in [-0.4, -0.2) is 16.1 Å². The van der Waals surface area contributed by atoms with Crippen molar-refractivity contribution in [3.05, 3.63) is 40.4 Å². The molecule has 2 saturated heterocycles. The fourth-order valence-corrected chi connectivity index (χ4v) is 25.6. The van der Waals surface area contributed by atoms with Crippen LogP contribution in [0.4, 0.5) is 0 Å². The monoisotopic (exact) mass is 660 g/mol. The molecule has 0 radical (unpaired) electrons. The maximum Gasteiger partial charge on any atom is -1.00 e. The van der Waals surface area contributed by atoms with Crippen molar-refractivity contribution < 1.29 is 47.7 Å². The molecular formula is C26H42Cl2HfSi2. The zero-order valence-corrected chi connectivity index (χ0v) is 27.4. The van der Waals surface area contributed by atoms with Crippen LogP contribution in [0.5, 0.6) is 0 Å². The molecule has 5 heteroatoms. The van der Waals surface area contributed by atoms with E-state index in [1.807, 2.05) is 21.5 Å². The zero-order chi connectivity index (χ0) is 20.5. The Morgan fingerprint density at radius 3 is 1.39 bits per heavy atom. The van der Waals surface area contributed by atoms with E-state index in [1.165, 1.54) is 64.2 Å². The Hall–Kier alpha value is 0.844. The number of rotatable bonds is 10. The third-order valence-corrected chi connectivity index (χ3v) is 25.9. The van der Waals surface area contributed by atoms with Crippen LogP contribution in [0.1, 0.15) is 78.1 Å². The minimum atomic E-state index is -1.07. The van der Waals surface area contributed by atoms with Crippen LogP contribution in [0.3, 0.4) is 0 Å². The minimum absolute atomic E-state index is 0. The predicted molar refractivity (Wildman–Crippen MR) is 130 cm³/mol. The van der Waals surface area contributed by atoms with Gasteiger partial charge >= 0.3 is 195 Å². The summed E-state index contributed by atoms with van der Waals surface area (Å²) in [6.45, 7) is 10.2. The number of halogens is 2. The van der Waals surface area contributed by atoms with Gasteiger partial charge in [0.05, 0.1) is 0 Å². The van der Waals surface area contributed by atoms with Crippen molar-refractivity contribution in [3.63, 3.8) is 0 Å². The van der Waals surface area contributed by atoms with E-state index in [1.54, 1.807) is 24.2 Å². The summed E-state index contributed by atoms with van der Waals surface area (Å²) in [6.07, 6.45) is 19.6. The van der Waals surface area contributed by atoms with Gasteiger partial charge in [0.15, 0.2) is 0 Å². The molecule has 0 nitrogen and oxygen atoms in total. The number of allylic oxidation sites excluding steroid dienone is 8. The van der Waals surface area contributed by atoms with Crippen molar-refractivity contribution >= 4 is 16.1 Å². The summed E-state index contributed by atoms with van der Waals surface area (Å²) in [6, 6.07) is 6.35. The van der Waals surface area contributed by atoms with Gasteiger partial charge in [0.25, 0.3) is 0 Å². The van der Waals surface area contributed by atoms with E-state index in [4.69, 9.17) is 0 Å². The van der Waals surface area contributed by atoms with Crippen molar-refractivity contribution in [3.8, 4) is 0 Å². The molecule has 0 aromatic heterocycles. The molecule has 31 heavy (non-hydrogen) atoms. The van der Waals surface area contributed by atoms with E-state index in [0.29, 0.717) is 0 Å². The van der Waals surface area contributed by atoms with E-state index < -0.39 is 39.1 Å². The molecule has 0 saturated carbocycles. The van der Waals surface area contributed by atoms with Crippen LogP contribution in [0, 0.1) is 0 Å². The minimum Gasteiger partial charge on any atom is -1.00 e. The van der Waals surface area contributed by atoms with Gasteiger partial charge in [0, 0.05) is 0 Å². The third-order valence-electron chi connectivity index (χ3n) is 8.48.